The topological polar surface area (TPSA) is 104 Å². The van der Waals surface area contributed by atoms with Gasteiger partial charge < -0.3 is 19.6 Å². The number of carbonyl (C=O) groups excluding carboxylic acids is 3. The van der Waals surface area contributed by atoms with Crippen molar-refractivity contribution in [3.63, 3.8) is 0 Å². The van der Waals surface area contributed by atoms with Crippen LogP contribution in [0.1, 0.15) is 99.7 Å². The van der Waals surface area contributed by atoms with Gasteiger partial charge in [0.15, 0.2) is 0 Å². The van der Waals surface area contributed by atoms with E-state index in [-0.39, 0.29) is 59.4 Å². The van der Waals surface area contributed by atoms with Gasteiger partial charge in [0.2, 0.25) is 0 Å². The van der Waals surface area contributed by atoms with Crippen molar-refractivity contribution in [1.29, 1.82) is 0 Å². The minimum atomic E-state index is -0.947. The highest BCUT2D eigenvalue weighted by molar-refractivity contribution is 14.0. The van der Waals surface area contributed by atoms with Crippen molar-refractivity contribution in [3.05, 3.63) is 138 Å². The maximum Gasteiger partial charge on any atom is 0.337 e. The molecule has 0 saturated carbocycles. The predicted octanol–water partition coefficient (Wildman–Crippen LogP) is 8.07. The minimum Gasteiger partial charge on any atom is -0.478 e. The number of methoxy groups -OCH3 is 1. The number of esters is 1. The number of hydrogen-bond donors (Lipinski definition) is 1. The second-order valence-corrected chi connectivity index (χ2v) is 13.0. The number of amides is 2. The van der Waals surface area contributed by atoms with Crippen LogP contribution in [0.5, 0.6) is 0 Å². The zero-order valence-electron chi connectivity index (χ0n) is 25.9. The van der Waals surface area contributed by atoms with Crippen LogP contribution >= 0.6 is 47.2 Å². The summed E-state index contributed by atoms with van der Waals surface area (Å²) >= 11 is 12.4. The standard InChI is InChI=1S/C19H16ClNO3.C18H14ClNO3.HI/c1-24-19(23)12-6-5-11-7-8-16(14(11)9-12)21-10-13-3-2-4-15(20)17(13)18(21)22;19-14-3-1-2-12-9-20(17(21)16(12)14)15-7-6-10-4-5-11(18(22)23)8-13(10)15;/h2-6,9,16H,7-8,10H2,1H3;1-5,8,15H,6-7,9H2,(H,22,23);1H. The predicted molar refractivity (Wildman–Crippen MR) is 191 cm³/mol. The second-order valence-electron chi connectivity index (χ2n) is 12.1. The second kappa shape index (κ2) is 13.5. The van der Waals surface area contributed by atoms with E-state index < -0.39 is 5.97 Å². The number of fused-ring (bicyclic) bond motifs is 4. The smallest absolute Gasteiger partial charge is 0.337 e. The summed E-state index contributed by atoms with van der Waals surface area (Å²) in [4.78, 5) is 52.3. The van der Waals surface area contributed by atoms with Gasteiger partial charge in [0.05, 0.1) is 51.5 Å². The van der Waals surface area contributed by atoms with Gasteiger partial charge in [-0.05, 0) is 95.5 Å². The van der Waals surface area contributed by atoms with Crippen LogP contribution in [-0.4, -0.2) is 45.8 Å². The van der Waals surface area contributed by atoms with Crippen LogP contribution in [0.25, 0.3) is 0 Å². The van der Waals surface area contributed by atoms with Crippen LogP contribution in [0.3, 0.4) is 0 Å². The summed E-state index contributed by atoms with van der Waals surface area (Å²) in [5.74, 6) is -1.40. The first-order chi connectivity index (χ1) is 22.7. The summed E-state index contributed by atoms with van der Waals surface area (Å²) in [5.41, 5.74) is 8.15. The molecule has 8 nitrogen and oxygen atoms in total. The van der Waals surface area contributed by atoms with E-state index in [2.05, 4.69) is 0 Å². The third-order valence-electron chi connectivity index (χ3n) is 9.64. The van der Waals surface area contributed by atoms with E-state index in [1.165, 1.54) is 12.7 Å². The first-order valence-electron chi connectivity index (χ1n) is 15.4. The van der Waals surface area contributed by atoms with Crippen LogP contribution in [-0.2, 0) is 30.7 Å². The highest BCUT2D eigenvalue weighted by atomic mass is 127. The highest BCUT2D eigenvalue weighted by Gasteiger charge is 2.39. The van der Waals surface area contributed by atoms with Gasteiger partial charge in [0.1, 0.15) is 0 Å². The molecule has 2 aliphatic heterocycles. The van der Waals surface area contributed by atoms with Crippen molar-refractivity contribution in [1.82, 2.24) is 9.80 Å². The molecule has 0 aromatic heterocycles. The largest absolute Gasteiger partial charge is 0.478 e. The molecule has 1 N–H and O–H groups in total. The van der Waals surface area contributed by atoms with Crippen LogP contribution in [0.2, 0.25) is 10.0 Å². The Morgan fingerprint density at radius 1 is 0.708 bits per heavy atom. The molecule has 11 heteroatoms. The van der Waals surface area contributed by atoms with E-state index in [0.29, 0.717) is 39.8 Å². The fraction of sp³-hybridized carbons (Fsp3) is 0.243. The SMILES string of the molecule is COC(=O)c1ccc2c(c1)C(N1Cc3cccc(Cl)c3C1=O)CC2.I.O=C(O)c1ccc2c(c1)C(N1Cc3cccc(Cl)c3C1=O)CC2. The fourth-order valence-corrected chi connectivity index (χ4v) is 7.92. The lowest BCUT2D eigenvalue weighted by Gasteiger charge is -2.25. The Morgan fingerprint density at radius 2 is 1.17 bits per heavy atom. The van der Waals surface area contributed by atoms with E-state index >= 15 is 0 Å². The molecule has 0 fully saturated rings. The van der Waals surface area contributed by atoms with Gasteiger partial charge in [-0.2, -0.15) is 0 Å². The minimum absolute atomic E-state index is 0. The number of aryl methyl sites for hydroxylation is 2. The molecule has 2 aliphatic carbocycles. The lowest BCUT2D eigenvalue weighted by molar-refractivity contribution is 0.0599. The lowest BCUT2D eigenvalue weighted by atomic mass is 10.0. The van der Waals surface area contributed by atoms with Crippen LogP contribution in [0.15, 0.2) is 72.8 Å². The Bertz CT molecular complexity index is 2000. The molecule has 0 bridgehead atoms. The molecule has 0 radical (unpaired) electrons. The Balaban J connectivity index is 0.000000164. The summed E-state index contributed by atoms with van der Waals surface area (Å²) < 4.78 is 4.81. The number of ether oxygens (including phenoxy) is 1. The lowest BCUT2D eigenvalue weighted by Crippen LogP contribution is -2.28. The maximum absolute atomic E-state index is 12.8. The van der Waals surface area contributed by atoms with Gasteiger partial charge in [0, 0.05) is 13.1 Å². The van der Waals surface area contributed by atoms with Gasteiger partial charge >= 0.3 is 11.9 Å². The Labute approximate surface area is 304 Å². The molecule has 0 saturated heterocycles. The third kappa shape index (κ3) is 5.86. The molecule has 4 aromatic carbocycles. The van der Waals surface area contributed by atoms with Crippen LogP contribution < -0.4 is 0 Å². The molecule has 8 rings (SSSR count). The number of carboxylic acids is 1. The van der Waals surface area contributed by atoms with E-state index in [4.69, 9.17) is 27.9 Å². The Morgan fingerprint density at radius 3 is 1.60 bits per heavy atom. The third-order valence-corrected chi connectivity index (χ3v) is 10.3. The number of carbonyl (C=O) groups is 4. The fourth-order valence-electron chi connectivity index (χ4n) is 7.37. The van der Waals surface area contributed by atoms with Gasteiger partial charge in [-0.15, -0.1) is 24.0 Å². The quantitative estimate of drug-likeness (QED) is 0.166. The number of nitrogens with zero attached hydrogens (tertiary/aromatic N) is 2. The maximum atomic E-state index is 12.8. The zero-order chi connectivity index (χ0) is 33.0. The molecule has 2 heterocycles. The van der Waals surface area contributed by atoms with E-state index in [0.717, 1.165) is 53.5 Å². The monoisotopic (exact) mass is 796 g/mol. The average molecular weight is 797 g/mol. The first kappa shape index (κ1) is 34.0. The summed E-state index contributed by atoms with van der Waals surface area (Å²) in [6.07, 6.45) is 3.43. The van der Waals surface area contributed by atoms with Crippen molar-refractivity contribution in [3.8, 4) is 0 Å². The number of halogens is 3. The summed E-state index contributed by atoms with van der Waals surface area (Å²) in [5, 5.41) is 10.2. The van der Waals surface area contributed by atoms with E-state index in [1.54, 1.807) is 30.3 Å². The normalized spacial score (nSPS) is 18.3. The van der Waals surface area contributed by atoms with Crippen molar-refractivity contribution >= 4 is 70.9 Å². The van der Waals surface area contributed by atoms with Crippen molar-refractivity contribution in [2.45, 2.75) is 50.9 Å². The number of aromatic carboxylic acids is 1. The molecular weight excluding hydrogens is 766 g/mol. The van der Waals surface area contributed by atoms with Crippen LogP contribution in [0.4, 0.5) is 0 Å². The van der Waals surface area contributed by atoms with Gasteiger partial charge in [-0.3, -0.25) is 9.59 Å². The highest BCUT2D eigenvalue weighted by Crippen LogP contribution is 2.43. The van der Waals surface area contributed by atoms with Crippen LogP contribution in [0, 0.1) is 0 Å². The molecule has 246 valence electrons. The summed E-state index contributed by atoms with van der Waals surface area (Å²) in [6.45, 7) is 1.08. The van der Waals surface area contributed by atoms with Gasteiger partial charge in [0.25, 0.3) is 11.8 Å². The number of rotatable bonds is 4. The zero-order valence-corrected chi connectivity index (χ0v) is 29.7. The number of carboxylic acid groups (broad SMARTS) is 1. The molecule has 2 unspecified atom stereocenters. The Hall–Kier alpha value is -3.93. The van der Waals surface area contributed by atoms with Crippen molar-refractivity contribution in [2.75, 3.05) is 7.11 Å². The average Bonchev–Trinajstić information content (AvgIpc) is 3.84. The van der Waals surface area contributed by atoms with Gasteiger partial charge in [-0.1, -0.05) is 59.6 Å². The molecule has 0 spiro atoms. The first-order valence-corrected chi connectivity index (χ1v) is 16.2. The molecule has 48 heavy (non-hydrogen) atoms. The van der Waals surface area contributed by atoms with E-state index in [1.807, 2.05) is 52.3 Å². The molecule has 4 aromatic rings. The summed E-state index contributed by atoms with van der Waals surface area (Å²) in [6, 6.07) is 21.7. The number of benzene rings is 4. The molecule has 2 amide bonds. The van der Waals surface area contributed by atoms with Crippen molar-refractivity contribution in [2.24, 2.45) is 0 Å². The van der Waals surface area contributed by atoms with E-state index in [9.17, 15) is 24.3 Å². The molecule has 2 atom stereocenters. The van der Waals surface area contributed by atoms with Gasteiger partial charge in [-0.25, -0.2) is 9.59 Å². The number of hydrogen-bond acceptors (Lipinski definition) is 5. The molecule has 4 aliphatic rings. The van der Waals surface area contributed by atoms with Crippen molar-refractivity contribution < 1.29 is 29.0 Å². The Kier molecular flexibility index (Phi) is 9.57. The summed E-state index contributed by atoms with van der Waals surface area (Å²) in [7, 11) is 1.37. The molecular formula is C37H31Cl2IN2O6.